The van der Waals surface area contributed by atoms with Crippen LogP contribution in [0, 0.1) is 13.8 Å². The summed E-state index contributed by atoms with van der Waals surface area (Å²) in [5, 5.41) is 4.60. The van der Waals surface area contributed by atoms with Gasteiger partial charge in [0.05, 0.1) is 12.2 Å². The summed E-state index contributed by atoms with van der Waals surface area (Å²) in [6, 6.07) is 5.88. The molecule has 0 aliphatic rings. The van der Waals surface area contributed by atoms with Crippen LogP contribution in [0.3, 0.4) is 0 Å². The second kappa shape index (κ2) is 5.14. The highest BCUT2D eigenvalue weighted by molar-refractivity contribution is 9.10. The molecule has 0 atom stereocenters. The Kier molecular flexibility index (Phi) is 3.76. The van der Waals surface area contributed by atoms with E-state index in [-0.39, 0.29) is 0 Å². The number of halogens is 1. The standard InChI is InChI=1S/C14H18BrN3/c1-4-11-9(2)17-18(10(11)3)8-12-13(15)6-5-7-14(12)16/h5-7H,4,8,16H2,1-3H3. The first kappa shape index (κ1) is 13.1. The lowest BCUT2D eigenvalue weighted by Gasteiger charge is -2.10. The zero-order chi connectivity index (χ0) is 13.3. The molecule has 0 amide bonds. The zero-order valence-corrected chi connectivity index (χ0v) is 12.6. The molecule has 1 aromatic heterocycles. The van der Waals surface area contributed by atoms with Crippen LogP contribution >= 0.6 is 15.9 Å². The second-order valence-electron chi connectivity index (χ2n) is 4.47. The van der Waals surface area contributed by atoms with E-state index < -0.39 is 0 Å². The van der Waals surface area contributed by atoms with Crippen LogP contribution in [0.15, 0.2) is 22.7 Å². The Morgan fingerprint density at radius 2 is 2.00 bits per heavy atom. The summed E-state index contributed by atoms with van der Waals surface area (Å²) in [7, 11) is 0. The van der Waals surface area contributed by atoms with Gasteiger partial charge in [0.2, 0.25) is 0 Å². The number of anilines is 1. The molecule has 1 heterocycles. The van der Waals surface area contributed by atoms with E-state index in [4.69, 9.17) is 5.73 Å². The molecule has 0 saturated heterocycles. The summed E-state index contributed by atoms with van der Waals surface area (Å²) in [5.41, 5.74) is 11.6. The molecule has 3 nitrogen and oxygen atoms in total. The van der Waals surface area contributed by atoms with Crippen molar-refractivity contribution in [2.24, 2.45) is 0 Å². The van der Waals surface area contributed by atoms with Crippen LogP contribution in [0.4, 0.5) is 5.69 Å². The van der Waals surface area contributed by atoms with Crippen molar-refractivity contribution in [3.05, 3.63) is 45.2 Å². The van der Waals surface area contributed by atoms with E-state index in [1.807, 2.05) is 22.9 Å². The van der Waals surface area contributed by atoms with E-state index in [1.54, 1.807) is 0 Å². The predicted molar refractivity (Wildman–Crippen MR) is 78.7 cm³/mol. The fourth-order valence-corrected chi connectivity index (χ4v) is 2.80. The molecule has 1 aromatic carbocycles. The largest absolute Gasteiger partial charge is 0.398 e. The van der Waals surface area contributed by atoms with Gasteiger partial charge in [0.1, 0.15) is 0 Å². The molecule has 2 N–H and O–H groups in total. The van der Waals surface area contributed by atoms with Crippen molar-refractivity contribution in [1.82, 2.24) is 9.78 Å². The van der Waals surface area contributed by atoms with E-state index >= 15 is 0 Å². The number of aryl methyl sites for hydroxylation is 1. The molecular weight excluding hydrogens is 290 g/mol. The number of benzene rings is 1. The lowest BCUT2D eigenvalue weighted by Crippen LogP contribution is -2.07. The highest BCUT2D eigenvalue weighted by Crippen LogP contribution is 2.24. The normalized spacial score (nSPS) is 10.9. The second-order valence-corrected chi connectivity index (χ2v) is 5.32. The summed E-state index contributed by atoms with van der Waals surface area (Å²) in [6.45, 7) is 7.05. The lowest BCUT2D eigenvalue weighted by atomic mass is 10.1. The van der Waals surface area contributed by atoms with Gasteiger partial charge < -0.3 is 5.73 Å². The molecule has 2 aromatic rings. The number of hydrogen-bond acceptors (Lipinski definition) is 2. The van der Waals surface area contributed by atoms with E-state index in [9.17, 15) is 0 Å². The van der Waals surface area contributed by atoms with Gasteiger partial charge in [0.25, 0.3) is 0 Å². The van der Waals surface area contributed by atoms with Crippen molar-refractivity contribution < 1.29 is 0 Å². The fraction of sp³-hybridized carbons (Fsp3) is 0.357. The predicted octanol–water partition coefficient (Wildman–Crippen LogP) is 3.46. The van der Waals surface area contributed by atoms with Gasteiger partial charge in [0.15, 0.2) is 0 Å². The Labute approximate surface area is 116 Å². The highest BCUT2D eigenvalue weighted by Gasteiger charge is 2.12. The molecule has 96 valence electrons. The number of hydrogen-bond donors (Lipinski definition) is 1. The van der Waals surface area contributed by atoms with Gasteiger partial charge in [-0.15, -0.1) is 0 Å². The average molecular weight is 308 g/mol. The third-order valence-corrected chi connectivity index (χ3v) is 4.09. The first-order valence-electron chi connectivity index (χ1n) is 6.10. The Balaban J connectivity index is 2.41. The molecule has 0 bridgehead atoms. The van der Waals surface area contributed by atoms with Gasteiger partial charge in [-0.05, 0) is 38.0 Å². The summed E-state index contributed by atoms with van der Waals surface area (Å²) < 4.78 is 3.07. The van der Waals surface area contributed by atoms with Crippen LogP contribution in [0.25, 0.3) is 0 Å². The monoisotopic (exact) mass is 307 g/mol. The Hall–Kier alpha value is -1.29. The molecular formula is C14H18BrN3. The van der Waals surface area contributed by atoms with Crippen molar-refractivity contribution in [3.63, 3.8) is 0 Å². The number of nitrogen functional groups attached to an aromatic ring is 1. The first-order valence-corrected chi connectivity index (χ1v) is 6.89. The molecule has 0 aliphatic heterocycles. The van der Waals surface area contributed by atoms with Crippen molar-refractivity contribution in [1.29, 1.82) is 0 Å². The van der Waals surface area contributed by atoms with Crippen LogP contribution in [0.5, 0.6) is 0 Å². The topological polar surface area (TPSA) is 43.8 Å². The summed E-state index contributed by atoms with van der Waals surface area (Å²) in [4.78, 5) is 0. The molecule has 18 heavy (non-hydrogen) atoms. The molecule has 4 heteroatoms. The molecule has 0 radical (unpaired) electrons. The van der Waals surface area contributed by atoms with Gasteiger partial charge in [-0.1, -0.05) is 28.9 Å². The number of aromatic nitrogens is 2. The summed E-state index contributed by atoms with van der Waals surface area (Å²) >= 11 is 3.55. The molecule has 0 spiro atoms. The van der Waals surface area contributed by atoms with Gasteiger partial charge in [0, 0.05) is 21.4 Å². The van der Waals surface area contributed by atoms with Crippen molar-refractivity contribution in [2.45, 2.75) is 33.7 Å². The van der Waals surface area contributed by atoms with E-state index in [2.05, 4.69) is 41.8 Å². The third kappa shape index (κ3) is 2.29. The highest BCUT2D eigenvalue weighted by atomic mass is 79.9. The van der Waals surface area contributed by atoms with Crippen LogP contribution in [0.1, 0.15) is 29.4 Å². The van der Waals surface area contributed by atoms with Gasteiger partial charge in [-0.2, -0.15) is 5.10 Å². The van der Waals surface area contributed by atoms with Gasteiger partial charge in [-0.25, -0.2) is 0 Å². The van der Waals surface area contributed by atoms with Crippen molar-refractivity contribution in [2.75, 3.05) is 5.73 Å². The Morgan fingerprint density at radius 1 is 1.28 bits per heavy atom. The molecule has 0 unspecified atom stereocenters. The summed E-state index contributed by atoms with van der Waals surface area (Å²) in [6.07, 6.45) is 1.02. The zero-order valence-electron chi connectivity index (χ0n) is 11.0. The minimum Gasteiger partial charge on any atom is -0.398 e. The van der Waals surface area contributed by atoms with Crippen LogP contribution in [-0.2, 0) is 13.0 Å². The fourth-order valence-electron chi connectivity index (χ4n) is 2.29. The van der Waals surface area contributed by atoms with Crippen LogP contribution in [-0.4, -0.2) is 9.78 Å². The maximum absolute atomic E-state index is 6.03. The van der Waals surface area contributed by atoms with E-state index in [0.29, 0.717) is 6.54 Å². The van der Waals surface area contributed by atoms with Crippen molar-refractivity contribution in [3.8, 4) is 0 Å². The van der Waals surface area contributed by atoms with E-state index in [0.717, 1.165) is 27.8 Å². The SMILES string of the molecule is CCc1c(C)nn(Cc2c(N)cccc2Br)c1C. The van der Waals surface area contributed by atoms with E-state index in [1.165, 1.54) is 11.3 Å². The minimum absolute atomic E-state index is 0.708. The van der Waals surface area contributed by atoms with Gasteiger partial charge >= 0.3 is 0 Å². The van der Waals surface area contributed by atoms with Crippen LogP contribution < -0.4 is 5.73 Å². The molecule has 0 saturated carbocycles. The Morgan fingerprint density at radius 3 is 2.56 bits per heavy atom. The number of rotatable bonds is 3. The molecule has 0 aliphatic carbocycles. The number of nitrogens with two attached hydrogens (primary N) is 1. The maximum atomic E-state index is 6.03. The minimum atomic E-state index is 0.708. The van der Waals surface area contributed by atoms with Crippen LogP contribution in [0.2, 0.25) is 0 Å². The third-order valence-electron chi connectivity index (χ3n) is 3.35. The molecule has 2 rings (SSSR count). The van der Waals surface area contributed by atoms with Gasteiger partial charge in [-0.3, -0.25) is 4.68 Å². The average Bonchev–Trinajstić information content (AvgIpc) is 2.59. The first-order chi connectivity index (χ1) is 8.54. The maximum Gasteiger partial charge on any atom is 0.0694 e. The smallest absolute Gasteiger partial charge is 0.0694 e. The summed E-state index contributed by atoms with van der Waals surface area (Å²) in [5.74, 6) is 0. The quantitative estimate of drug-likeness (QED) is 0.883. The lowest BCUT2D eigenvalue weighted by molar-refractivity contribution is 0.657. The number of nitrogens with zero attached hydrogens (tertiary/aromatic N) is 2. The van der Waals surface area contributed by atoms with Crippen molar-refractivity contribution >= 4 is 21.6 Å². The molecule has 0 fully saturated rings. The Bertz CT molecular complexity index is 552.